The normalized spacial score (nSPS) is 17.4. The molecular formula is C28H30N4O3. The Balaban J connectivity index is 1.54. The molecule has 0 radical (unpaired) electrons. The molecule has 0 saturated carbocycles. The second-order valence-corrected chi connectivity index (χ2v) is 9.09. The zero-order valence-corrected chi connectivity index (χ0v) is 20.3. The van der Waals surface area contributed by atoms with Gasteiger partial charge in [-0.2, -0.15) is 0 Å². The molecule has 2 aromatic carbocycles. The molecule has 35 heavy (non-hydrogen) atoms. The van der Waals surface area contributed by atoms with Crippen LogP contribution in [0.5, 0.6) is 0 Å². The third-order valence-electron chi connectivity index (χ3n) is 6.45. The first kappa shape index (κ1) is 24.1. The number of aryl methyl sites for hydroxylation is 2. The lowest BCUT2D eigenvalue weighted by atomic mass is 9.91. The van der Waals surface area contributed by atoms with E-state index in [0.717, 1.165) is 28.0 Å². The van der Waals surface area contributed by atoms with E-state index in [4.69, 9.17) is 0 Å². The molecule has 7 heteroatoms. The van der Waals surface area contributed by atoms with E-state index in [1.807, 2.05) is 67.6 Å². The molecule has 1 aliphatic heterocycles. The lowest BCUT2D eigenvalue weighted by Crippen LogP contribution is -2.44. The number of benzene rings is 2. The van der Waals surface area contributed by atoms with Crippen molar-refractivity contribution in [1.82, 2.24) is 20.1 Å². The van der Waals surface area contributed by atoms with Crippen molar-refractivity contribution < 1.29 is 14.4 Å². The maximum absolute atomic E-state index is 13.4. The van der Waals surface area contributed by atoms with Gasteiger partial charge >= 0.3 is 6.03 Å². The molecule has 2 heterocycles. The molecule has 0 aliphatic carbocycles. The summed E-state index contributed by atoms with van der Waals surface area (Å²) in [7, 11) is 0. The zero-order chi connectivity index (χ0) is 25.0. The molecule has 1 fully saturated rings. The lowest BCUT2D eigenvalue weighted by molar-refractivity contribution is -0.139. The molecular weight excluding hydrogens is 440 g/mol. The van der Waals surface area contributed by atoms with Gasteiger partial charge in [0, 0.05) is 25.5 Å². The molecule has 0 bridgehead atoms. The molecule has 1 aromatic heterocycles. The number of pyridine rings is 1. The van der Waals surface area contributed by atoms with Gasteiger partial charge in [-0.05, 0) is 48.6 Å². The van der Waals surface area contributed by atoms with Crippen molar-refractivity contribution in [2.45, 2.75) is 45.8 Å². The Morgan fingerprint density at radius 2 is 1.63 bits per heavy atom. The third-order valence-corrected chi connectivity index (χ3v) is 6.45. The summed E-state index contributed by atoms with van der Waals surface area (Å²) < 4.78 is 0. The van der Waals surface area contributed by atoms with Crippen LogP contribution in [0, 0.1) is 6.92 Å². The summed E-state index contributed by atoms with van der Waals surface area (Å²) >= 11 is 0. The fourth-order valence-corrected chi connectivity index (χ4v) is 4.20. The van der Waals surface area contributed by atoms with Crippen LogP contribution in [0.15, 0.2) is 73.1 Å². The van der Waals surface area contributed by atoms with Gasteiger partial charge in [-0.15, -0.1) is 0 Å². The highest BCUT2D eigenvalue weighted by Crippen LogP contribution is 2.29. The maximum Gasteiger partial charge on any atom is 0.325 e. The van der Waals surface area contributed by atoms with Crippen LogP contribution in [0.25, 0.3) is 0 Å². The monoisotopic (exact) mass is 470 g/mol. The number of nitrogens with one attached hydrogen (secondary N) is 1. The first-order valence-electron chi connectivity index (χ1n) is 11.8. The summed E-state index contributed by atoms with van der Waals surface area (Å²) in [6.07, 6.45) is 4.32. The predicted octanol–water partition coefficient (Wildman–Crippen LogP) is 3.95. The van der Waals surface area contributed by atoms with Crippen molar-refractivity contribution in [2.24, 2.45) is 0 Å². The van der Waals surface area contributed by atoms with E-state index < -0.39 is 17.5 Å². The number of hydrogen-bond acceptors (Lipinski definition) is 4. The van der Waals surface area contributed by atoms with Crippen LogP contribution >= 0.6 is 0 Å². The highest BCUT2D eigenvalue weighted by atomic mass is 16.2. The van der Waals surface area contributed by atoms with Crippen molar-refractivity contribution in [1.29, 1.82) is 0 Å². The minimum absolute atomic E-state index is 0.315. The van der Waals surface area contributed by atoms with Gasteiger partial charge in [-0.3, -0.25) is 19.5 Å². The molecule has 3 aromatic rings. The summed E-state index contributed by atoms with van der Waals surface area (Å²) in [4.78, 5) is 46.4. The topological polar surface area (TPSA) is 82.6 Å². The Hall–Kier alpha value is -4.00. The molecule has 180 valence electrons. The highest BCUT2D eigenvalue weighted by Gasteiger charge is 2.49. The van der Waals surface area contributed by atoms with Crippen LogP contribution in [-0.4, -0.2) is 39.2 Å². The van der Waals surface area contributed by atoms with Crippen LogP contribution in [0.1, 0.15) is 41.7 Å². The van der Waals surface area contributed by atoms with Gasteiger partial charge in [-0.1, -0.05) is 67.1 Å². The highest BCUT2D eigenvalue weighted by molar-refractivity contribution is 6.09. The van der Waals surface area contributed by atoms with Crippen LogP contribution in [0.4, 0.5) is 4.79 Å². The van der Waals surface area contributed by atoms with E-state index in [9.17, 15) is 14.4 Å². The number of carbonyl (C=O) groups excluding carboxylic acids is 3. The Morgan fingerprint density at radius 3 is 2.26 bits per heavy atom. The lowest BCUT2D eigenvalue weighted by Gasteiger charge is -2.26. The molecule has 1 saturated heterocycles. The largest absolute Gasteiger partial charge is 0.332 e. The number of urea groups is 1. The van der Waals surface area contributed by atoms with Gasteiger partial charge in [0.05, 0.1) is 0 Å². The van der Waals surface area contributed by atoms with Crippen LogP contribution < -0.4 is 5.32 Å². The Bertz CT molecular complexity index is 1210. The van der Waals surface area contributed by atoms with E-state index in [1.54, 1.807) is 24.2 Å². The summed E-state index contributed by atoms with van der Waals surface area (Å²) in [5, 5.41) is 2.78. The Kier molecular flexibility index (Phi) is 6.96. The molecule has 1 atom stereocenters. The molecule has 4 amide bonds. The van der Waals surface area contributed by atoms with Gasteiger partial charge < -0.3 is 10.2 Å². The Morgan fingerprint density at radius 1 is 0.971 bits per heavy atom. The number of nitrogens with zero attached hydrogens (tertiary/aromatic N) is 3. The first-order valence-corrected chi connectivity index (χ1v) is 11.8. The number of rotatable bonds is 8. The van der Waals surface area contributed by atoms with Crippen LogP contribution in [0.3, 0.4) is 0 Å². The minimum Gasteiger partial charge on any atom is -0.332 e. The standard InChI is InChI=1S/C28H30N4O3/c1-4-21-9-11-22(12-10-21)17-31(18-23-6-5-15-29-16-23)25(33)19-32-26(34)28(3,30-27(32)35)24-13-7-20(2)8-14-24/h5-16H,4,17-19H2,1-3H3,(H,30,35). The minimum atomic E-state index is -1.21. The second-order valence-electron chi connectivity index (χ2n) is 9.09. The van der Waals surface area contributed by atoms with E-state index in [2.05, 4.69) is 17.2 Å². The molecule has 1 N–H and O–H groups in total. The number of aromatic nitrogens is 1. The van der Waals surface area contributed by atoms with Crippen LogP contribution in [-0.2, 0) is 34.6 Å². The summed E-state index contributed by atoms with van der Waals surface area (Å²) in [5.74, 6) is -0.751. The van der Waals surface area contributed by atoms with E-state index in [-0.39, 0.29) is 12.5 Å². The number of imide groups is 1. The van der Waals surface area contributed by atoms with Crippen molar-refractivity contribution in [3.63, 3.8) is 0 Å². The van der Waals surface area contributed by atoms with E-state index in [1.165, 1.54) is 5.56 Å². The zero-order valence-electron chi connectivity index (χ0n) is 20.3. The predicted molar refractivity (Wildman–Crippen MR) is 133 cm³/mol. The second kappa shape index (κ2) is 10.1. The molecule has 7 nitrogen and oxygen atoms in total. The Labute approximate surface area is 205 Å². The summed E-state index contributed by atoms with van der Waals surface area (Å²) in [6, 6.07) is 18.7. The average molecular weight is 471 g/mol. The molecule has 1 unspecified atom stereocenters. The maximum atomic E-state index is 13.4. The van der Waals surface area contributed by atoms with Gasteiger partial charge in [0.25, 0.3) is 5.91 Å². The van der Waals surface area contributed by atoms with E-state index in [0.29, 0.717) is 18.7 Å². The summed E-state index contributed by atoms with van der Waals surface area (Å²) in [5.41, 5.74) is 3.58. The van der Waals surface area contributed by atoms with Gasteiger partial charge in [-0.25, -0.2) is 4.79 Å². The average Bonchev–Trinajstić information content (AvgIpc) is 3.08. The molecule has 0 spiro atoms. The van der Waals surface area contributed by atoms with Crippen molar-refractivity contribution in [3.8, 4) is 0 Å². The number of carbonyl (C=O) groups is 3. The van der Waals surface area contributed by atoms with Crippen molar-refractivity contribution in [2.75, 3.05) is 6.54 Å². The van der Waals surface area contributed by atoms with Crippen molar-refractivity contribution in [3.05, 3.63) is 101 Å². The molecule has 1 aliphatic rings. The number of amides is 4. The fourth-order valence-electron chi connectivity index (χ4n) is 4.20. The smallest absolute Gasteiger partial charge is 0.325 e. The number of hydrogen-bond donors (Lipinski definition) is 1. The fraction of sp³-hybridized carbons (Fsp3) is 0.286. The van der Waals surface area contributed by atoms with Gasteiger partial charge in [0.2, 0.25) is 5.91 Å². The first-order chi connectivity index (χ1) is 16.8. The molecule has 4 rings (SSSR count). The van der Waals surface area contributed by atoms with Crippen molar-refractivity contribution >= 4 is 17.8 Å². The quantitative estimate of drug-likeness (QED) is 0.506. The van der Waals surface area contributed by atoms with Gasteiger partial charge in [0.15, 0.2) is 0 Å². The van der Waals surface area contributed by atoms with Crippen LogP contribution in [0.2, 0.25) is 0 Å². The van der Waals surface area contributed by atoms with E-state index >= 15 is 0 Å². The SMILES string of the molecule is CCc1ccc(CN(Cc2cccnc2)C(=O)CN2C(=O)NC(C)(c3ccc(C)cc3)C2=O)cc1. The summed E-state index contributed by atoms with van der Waals surface area (Å²) in [6.45, 7) is 6.07. The van der Waals surface area contributed by atoms with Gasteiger partial charge in [0.1, 0.15) is 12.1 Å². The third kappa shape index (κ3) is 5.24.